The van der Waals surface area contributed by atoms with E-state index in [0.29, 0.717) is 30.4 Å². The molecule has 1 aliphatic rings. The van der Waals surface area contributed by atoms with Crippen molar-refractivity contribution in [3.63, 3.8) is 0 Å². The zero-order valence-corrected chi connectivity index (χ0v) is 17.3. The third-order valence-electron chi connectivity index (χ3n) is 5.42. The van der Waals surface area contributed by atoms with Gasteiger partial charge in [-0.15, -0.1) is 0 Å². The number of allylic oxidation sites excluding steroid dienone is 2. The molecule has 0 spiro atoms. The molecular formula is C25H18F4NO3-. The first-order valence-electron chi connectivity index (χ1n) is 10.2. The largest absolute Gasteiger partial charge is 0.545 e. The van der Waals surface area contributed by atoms with Gasteiger partial charge in [0.2, 0.25) is 5.88 Å². The summed E-state index contributed by atoms with van der Waals surface area (Å²) >= 11 is 0. The molecule has 1 aromatic heterocycles. The van der Waals surface area contributed by atoms with E-state index in [-0.39, 0.29) is 29.2 Å². The Labute approximate surface area is 187 Å². The Hall–Kier alpha value is -3.68. The van der Waals surface area contributed by atoms with E-state index in [2.05, 4.69) is 4.98 Å². The van der Waals surface area contributed by atoms with Gasteiger partial charge in [0, 0.05) is 17.3 Å². The topological polar surface area (TPSA) is 62.2 Å². The van der Waals surface area contributed by atoms with Crippen LogP contribution in [0.5, 0.6) is 5.88 Å². The van der Waals surface area contributed by atoms with E-state index in [4.69, 9.17) is 4.74 Å². The van der Waals surface area contributed by atoms with E-state index in [1.807, 2.05) is 30.3 Å². The van der Waals surface area contributed by atoms with Crippen LogP contribution in [0.25, 0.3) is 11.1 Å². The molecule has 0 unspecified atom stereocenters. The van der Waals surface area contributed by atoms with Gasteiger partial charge in [0.05, 0.1) is 11.5 Å². The highest BCUT2D eigenvalue weighted by Gasteiger charge is 2.33. The van der Waals surface area contributed by atoms with Gasteiger partial charge in [-0.2, -0.15) is 13.2 Å². The summed E-state index contributed by atoms with van der Waals surface area (Å²) in [5, 5.41) is 11.3. The molecule has 170 valence electrons. The van der Waals surface area contributed by atoms with Crippen LogP contribution >= 0.6 is 0 Å². The first kappa shape index (κ1) is 22.5. The van der Waals surface area contributed by atoms with E-state index in [9.17, 15) is 27.5 Å². The van der Waals surface area contributed by atoms with Crippen LogP contribution in [0.2, 0.25) is 0 Å². The molecule has 33 heavy (non-hydrogen) atoms. The maximum Gasteiger partial charge on any atom is 0.417 e. The highest BCUT2D eigenvalue weighted by molar-refractivity contribution is 5.96. The molecule has 0 fully saturated rings. The molecule has 0 saturated heterocycles. The quantitative estimate of drug-likeness (QED) is 0.474. The van der Waals surface area contributed by atoms with E-state index < -0.39 is 23.5 Å². The third-order valence-corrected chi connectivity index (χ3v) is 5.42. The minimum Gasteiger partial charge on any atom is -0.545 e. The lowest BCUT2D eigenvalue weighted by atomic mass is 9.95. The van der Waals surface area contributed by atoms with Crippen molar-refractivity contribution in [1.82, 2.24) is 4.98 Å². The molecule has 0 saturated carbocycles. The smallest absolute Gasteiger partial charge is 0.417 e. The molecule has 8 heteroatoms. The molecule has 4 nitrogen and oxygen atoms in total. The Morgan fingerprint density at radius 2 is 1.76 bits per heavy atom. The predicted octanol–water partition coefficient (Wildman–Crippen LogP) is 5.28. The number of pyridine rings is 1. The van der Waals surface area contributed by atoms with Crippen molar-refractivity contribution >= 4 is 17.1 Å². The van der Waals surface area contributed by atoms with Crippen LogP contribution in [0.4, 0.5) is 17.6 Å². The lowest BCUT2D eigenvalue weighted by molar-refractivity contribution is -0.255. The number of hydrogen-bond donors (Lipinski definition) is 0. The summed E-state index contributed by atoms with van der Waals surface area (Å²) in [6.45, 7) is 0.101. The number of carboxylic acids is 1. The number of aromatic nitrogens is 1. The standard InChI is InChI=1S/C25H19F4NO3/c26-19-10-16(9-17(11-19)24(31)32)20-7-4-8-21(20)22-12-18(25(27,28)29)13-30-23(22)33-14-15-5-2-1-3-6-15/h1-3,5-6,9-13H,4,7-8,14H2,(H,31,32)/p-1. The van der Waals surface area contributed by atoms with Crippen molar-refractivity contribution in [3.8, 4) is 5.88 Å². The van der Waals surface area contributed by atoms with Gasteiger partial charge in [-0.05, 0) is 65.8 Å². The highest BCUT2D eigenvalue weighted by atomic mass is 19.4. The Kier molecular flexibility index (Phi) is 6.18. The van der Waals surface area contributed by atoms with Crippen LogP contribution in [-0.2, 0) is 12.8 Å². The molecule has 0 aliphatic heterocycles. The minimum absolute atomic E-state index is 0.0257. The van der Waals surface area contributed by atoms with Gasteiger partial charge in [-0.25, -0.2) is 9.37 Å². The molecule has 0 bridgehead atoms. The monoisotopic (exact) mass is 456 g/mol. The molecule has 2 aromatic carbocycles. The number of rotatable bonds is 6. The van der Waals surface area contributed by atoms with E-state index in [1.54, 1.807) is 0 Å². The SMILES string of the molecule is O=C([O-])c1cc(F)cc(C2=C(c3cc(C(F)(F)F)cnc3OCc3ccccc3)CCC2)c1. The van der Waals surface area contributed by atoms with Crippen molar-refractivity contribution in [2.75, 3.05) is 0 Å². The third kappa shape index (κ3) is 5.05. The Morgan fingerprint density at radius 1 is 1.03 bits per heavy atom. The fourth-order valence-corrected chi connectivity index (χ4v) is 3.91. The summed E-state index contributed by atoms with van der Waals surface area (Å²) in [7, 11) is 0. The van der Waals surface area contributed by atoms with Gasteiger partial charge in [0.1, 0.15) is 12.4 Å². The van der Waals surface area contributed by atoms with E-state index >= 15 is 0 Å². The van der Waals surface area contributed by atoms with Gasteiger partial charge in [-0.1, -0.05) is 30.3 Å². The van der Waals surface area contributed by atoms with E-state index in [0.717, 1.165) is 23.9 Å². The Balaban J connectivity index is 1.81. The summed E-state index contributed by atoms with van der Waals surface area (Å²) in [6.07, 6.45) is -2.43. The van der Waals surface area contributed by atoms with Crippen molar-refractivity contribution in [2.45, 2.75) is 32.0 Å². The van der Waals surface area contributed by atoms with Crippen molar-refractivity contribution < 1.29 is 32.2 Å². The Bertz CT molecular complexity index is 1220. The van der Waals surface area contributed by atoms with Gasteiger partial charge in [-0.3, -0.25) is 0 Å². The number of ether oxygens (including phenoxy) is 1. The summed E-state index contributed by atoms with van der Waals surface area (Å²) in [4.78, 5) is 15.2. The second-order valence-electron chi connectivity index (χ2n) is 7.68. The lowest BCUT2D eigenvalue weighted by Crippen LogP contribution is -2.22. The van der Waals surface area contributed by atoms with Crippen LogP contribution in [0.1, 0.15) is 51.9 Å². The molecule has 1 aliphatic carbocycles. The number of halogens is 4. The molecule has 3 aromatic rings. The zero-order valence-electron chi connectivity index (χ0n) is 17.3. The van der Waals surface area contributed by atoms with Crippen LogP contribution in [0.15, 0.2) is 60.8 Å². The highest BCUT2D eigenvalue weighted by Crippen LogP contribution is 2.44. The van der Waals surface area contributed by atoms with Crippen LogP contribution in [0, 0.1) is 5.82 Å². The van der Waals surface area contributed by atoms with Crippen molar-refractivity contribution in [1.29, 1.82) is 0 Å². The fourth-order valence-electron chi connectivity index (χ4n) is 3.91. The molecule has 0 radical (unpaired) electrons. The van der Waals surface area contributed by atoms with Crippen molar-refractivity contribution in [3.05, 3.63) is 94.4 Å². The van der Waals surface area contributed by atoms with Crippen LogP contribution in [-0.4, -0.2) is 11.0 Å². The number of hydrogen-bond acceptors (Lipinski definition) is 4. The van der Waals surface area contributed by atoms with Crippen molar-refractivity contribution in [2.24, 2.45) is 0 Å². The summed E-state index contributed by atoms with van der Waals surface area (Å²) in [5.74, 6) is -2.28. The average molecular weight is 456 g/mol. The minimum atomic E-state index is -4.61. The molecule has 0 atom stereocenters. The van der Waals surface area contributed by atoms with Gasteiger partial charge in [0.25, 0.3) is 0 Å². The molecule has 0 amide bonds. The summed E-state index contributed by atoms with van der Waals surface area (Å²) < 4.78 is 60.2. The fraction of sp³-hybridized carbons (Fsp3) is 0.200. The molecule has 4 rings (SSSR count). The number of carboxylic acid groups (broad SMARTS) is 1. The first-order chi connectivity index (χ1) is 15.7. The number of alkyl halides is 3. The van der Waals surface area contributed by atoms with Gasteiger partial charge >= 0.3 is 6.18 Å². The van der Waals surface area contributed by atoms with Crippen LogP contribution in [0.3, 0.4) is 0 Å². The number of carbonyl (C=O) groups excluding carboxylic acids is 1. The van der Waals surface area contributed by atoms with Crippen LogP contribution < -0.4 is 9.84 Å². The number of aromatic carboxylic acids is 1. The normalized spacial score (nSPS) is 13.9. The second-order valence-corrected chi connectivity index (χ2v) is 7.68. The van der Waals surface area contributed by atoms with Gasteiger partial charge in [0.15, 0.2) is 0 Å². The Morgan fingerprint density at radius 3 is 2.45 bits per heavy atom. The zero-order chi connectivity index (χ0) is 23.6. The van der Waals surface area contributed by atoms with E-state index in [1.165, 1.54) is 12.1 Å². The number of benzene rings is 2. The first-order valence-corrected chi connectivity index (χ1v) is 10.2. The second kappa shape index (κ2) is 9.05. The lowest BCUT2D eigenvalue weighted by Gasteiger charge is -2.16. The number of nitrogens with zero attached hydrogens (tertiary/aromatic N) is 1. The molecular weight excluding hydrogens is 438 g/mol. The maximum atomic E-state index is 14.1. The summed E-state index contributed by atoms with van der Waals surface area (Å²) in [5.41, 5.74) is 1.06. The predicted molar refractivity (Wildman–Crippen MR) is 111 cm³/mol. The van der Waals surface area contributed by atoms with Gasteiger partial charge < -0.3 is 14.6 Å². The molecule has 0 N–H and O–H groups in total. The maximum absolute atomic E-state index is 14.1. The molecule has 1 heterocycles. The number of carbonyl (C=O) groups is 1. The average Bonchev–Trinajstić information content (AvgIpc) is 3.27. The summed E-state index contributed by atoms with van der Waals surface area (Å²) in [6, 6.07) is 13.4.